The molecule has 2 amide bonds. The molecule has 13 heteroatoms. The number of pyridine rings is 2. The van der Waals surface area contributed by atoms with Gasteiger partial charge in [0, 0.05) is 69.3 Å². The Hall–Kier alpha value is -4.46. The number of nitrogens with one attached hydrogen (secondary N) is 2. The van der Waals surface area contributed by atoms with Gasteiger partial charge >= 0.3 is 12.2 Å². The van der Waals surface area contributed by atoms with Crippen LogP contribution in [0, 0.1) is 0 Å². The molecule has 6 heterocycles. The van der Waals surface area contributed by atoms with Crippen molar-refractivity contribution in [2.45, 2.75) is 51.9 Å². The molecule has 1 fully saturated rings. The van der Waals surface area contributed by atoms with E-state index in [9.17, 15) is 18.0 Å². The molecule has 0 aliphatic carbocycles. The smallest absolute Gasteiger partial charge is 0.416 e. The van der Waals surface area contributed by atoms with Crippen LogP contribution in [0.1, 0.15) is 60.7 Å². The van der Waals surface area contributed by atoms with Crippen LogP contribution in [-0.2, 0) is 24.0 Å². The highest BCUT2D eigenvalue weighted by Crippen LogP contribution is 2.37. The number of carbonyl (C=O) groups is 1. The molecular formula is C37H42F3N7O3. The van der Waals surface area contributed by atoms with Gasteiger partial charge in [-0.3, -0.25) is 9.88 Å². The van der Waals surface area contributed by atoms with Gasteiger partial charge in [-0.05, 0) is 66.4 Å². The molecule has 2 N–H and O–H groups in total. The molecule has 3 aliphatic rings. The number of alkyl halides is 3. The zero-order valence-corrected chi connectivity index (χ0v) is 28.4. The SMILES string of the molecule is CCC1CN(C(=O)Nc2ccc(CN3CCN(CC)CC3)c(C(F)(F)F)c2)Cc2cc(Oc3ccnc4[nH]c(C5=CCOCC5)cc34)cnc21. The van der Waals surface area contributed by atoms with E-state index in [0.717, 1.165) is 74.0 Å². The van der Waals surface area contributed by atoms with Crippen LogP contribution in [0.3, 0.4) is 0 Å². The Bertz CT molecular complexity index is 1880. The molecule has 1 aromatic carbocycles. The van der Waals surface area contributed by atoms with Gasteiger partial charge in [0.2, 0.25) is 0 Å². The number of likely N-dealkylation sites (N-methyl/N-ethyl adjacent to an activating group) is 1. The number of rotatable bonds is 8. The van der Waals surface area contributed by atoms with Gasteiger partial charge in [-0.25, -0.2) is 9.78 Å². The minimum atomic E-state index is -4.55. The number of nitrogens with zero attached hydrogens (tertiary/aromatic N) is 5. The minimum Gasteiger partial charge on any atom is -0.455 e. The molecular weight excluding hydrogens is 647 g/mol. The molecule has 0 spiro atoms. The third-order valence-corrected chi connectivity index (χ3v) is 9.95. The van der Waals surface area contributed by atoms with E-state index in [4.69, 9.17) is 14.5 Å². The Balaban J connectivity index is 1.07. The predicted octanol–water partition coefficient (Wildman–Crippen LogP) is 7.25. The van der Waals surface area contributed by atoms with Crippen molar-refractivity contribution < 1.29 is 27.4 Å². The first kappa shape index (κ1) is 34.0. The standard InChI is InChI=1S/C37H42F3N7O3/c1-3-24-22-47(36(48)43-28-6-5-26(31(18-28)37(38,39)40)21-46-13-11-45(4-2)12-14-46)23-27-17-29(20-42-34(24)27)50-33-7-10-41-35-30(33)19-32(44-35)25-8-15-49-16-9-25/h5-8,10,17-20,24H,3-4,9,11-16,21-23H2,1-2H3,(H,41,44)(H,43,48). The number of anilines is 1. The van der Waals surface area contributed by atoms with Crippen molar-refractivity contribution in [2.75, 3.05) is 57.8 Å². The summed E-state index contributed by atoms with van der Waals surface area (Å²) >= 11 is 0. The summed E-state index contributed by atoms with van der Waals surface area (Å²) in [5.41, 5.74) is 4.18. The van der Waals surface area contributed by atoms with Crippen LogP contribution >= 0.6 is 0 Å². The Kier molecular flexibility index (Phi) is 9.80. The van der Waals surface area contributed by atoms with Crippen molar-refractivity contribution in [3.05, 3.63) is 82.9 Å². The van der Waals surface area contributed by atoms with Gasteiger partial charge in [0.25, 0.3) is 0 Å². The number of H-pyrrole nitrogens is 1. The highest BCUT2D eigenvalue weighted by molar-refractivity contribution is 5.90. The zero-order valence-electron chi connectivity index (χ0n) is 28.4. The maximum Gasteiger partial charge on any atom is 0.416 e. The van der Waals surface area contributed by atoms with Crippen molar-refractivity contribution in [3.8, 4) is 11.5 Å². The Labute approximate surface area is 289 Å². The molecule has 0 bridgehead atoms. The molecule has 3 aromatic heterocycles. The third kappa shape index (κ3) is 7.35. The van der Waals surface area contributed by atoms with Gasteiger partial charge in [0.1, 0.15) is 17.1 Å². The second-order valence-electron chi connectivity index (χ2n) is 13.1. The summed E-state index contributed by atoms with van der Waals surface area (Å²) in [5.74, 6) is 1.10. The molecule has 0 radical (unpaired) electrons. The summed E-state index contributed by atoms with van der Waals surface area (Å²) in [5, 5.41) is 3.58. The Morgan fingerprint density at radius 3 is 2.64 bits per heavy atom. The van der Waals surface area contributed by atoms with Crippen molar-refractivity contribution in [1.29, 1.82) is 0 Å². The van der Waals surface area contributed by atoms with Crippen LogP contribution in [0.4, 0.5) is 23.7 Å². The number of hydrogen-bond acceptors (Lipinski definition) is 7. The van der Waals surface area contributed by atoms with Gasteiger partial charge in [-0.1, -0.05) is 26.0 Å². The average Bonchev–Trinajstić information content (AvgIpc) is 3.57. The molecule has 7 rings (SSSR count). The normalized spacial score (nSPS) is 18.9. The number of amides is 2. The lowest BCUT2D eigenvalue weighted by molar-refractivity contribution is -0.138. The number of aromatic amines is 1. The van der Waals surface area contributed by atoms with Crippen molar-refractivity contribution in [2.24, 2.45) is 0 Å². The maximum absolute atomic E-state index is 14.2. The number of piperazine rings is 1. The second kappa shape index (κ2) is 14.4. The molecule has 50 heavy (non-hydrogen) atoms. The van der Waals surface area contributed by atoms with Gasteiger partial charge in [0.15, 0.2) is 0 Å². The molecule has 1 unspecified atom stereocenters. The number of benzene rings is 1. The first-order valence-corrected chi connectivity index (χ1v) is 17.3. The highest BCUT2D eigenvalue weighted by Gasteiger charge is 2.35. The van der Waals surface area contributed by atoms with Crippen LogP contribution in [0.5, 0.6) is 11.5 Å². The number of aromatic nitrogens is 3. The summed E-state index contributed by atoms with van der Waals surface area (Å²) < 4.78 is 54.5. The summed E-state index contributed by atoms with van der Waals surface area (Å²) in [6.07, 6.45) is 2.45. The maximum atomic E-state index is 14.2. The van der Waals surface area contributed by atoms with Gasteiger partial charge in [0.05, 0.1) is 36.1 Å². The van der Waals surface area contributed by atoms with E-state index in [1.54, 1.807) is 29.4 Å². The third-order valence-electron chi connectivity index (χ3n) is 9.95. The van der Waals surface area contributed by atoms with Crippen molar-refractivity contribution in [1.82, 2.24) is 29.7 Å². The fourth-order valence-corrected chi connectivity index (χ4v) is 7.08. The van der Waals surface area contributed by atoms with Crippen LogP contribution in [-0.4, -0.2) is 88.2 Å². The first-order valence-electron chi connectivity index (χ1n) is 17.3. The van der Waals surface area contributed by atoms with Crippen molar-refractivity contribution >= 4 is 28.3 Å². The quantitative estimate of drug-likeness (QED) is 0.201. The van der Waals surface area contributed by atoms with E-state index in [0.29, 0.717) is 36.9 Å². The summed E-state index contributed by atoms with van der Waals surface area (Å²) in [4.78, 5) is 32.1. The topological polar surface area (TPSA) is 98.9 Å². The average molecular weight is 690 g/mol. The molecule has 264 valence electrons. The van der Waals surface area contributed by atoms with Gasteiger partial charge in [-0.2, -0.15) is 13.2 Å². The number of ether oxygens (including phenoxy) is 2. The van der Waals surface area contributed by atoms with Crippen molar-refractivity contribution in [3.63, 3.8) is 0 Å². The first-order chi connectivity index (χ1) is 24.2. The minimum absolute atomic E-state index is 0.0348. The number of hydrogen-bond donors (Lipinski definition) is 2. The summed E-state index contributed by atoms with van der Waals surface area (Å²) in [6, 6.07) is 9.37. The Morgan fingerprint density at radius 2 is 1.90 bits per heavy atom. The van der Waals surface area contributed by atoms with Crippen LogP contribution in [0.15, 0.2) is 54.9 Å². The van der Waals surface area contributed by atoms with E-state index in [-0.39, 0.29) is 30.3 Å². The fraction of sp³-hybridized carbons (Fsp3) is 0.432. The van der Waals surface area contributed by atoms with E-state index in [1.807, 2.05) is 19.1 Å². The fourth-order valence-electron chi connectivity index (χ4n) is 7.08. The van der Waals surface area contributed by atoms with Gasteiger partial charge in [-0.15, -0.1) is 0 Å². The molecule has 1 saturated heterocycles. The lowest BCUT2D eigenvalue weighted by Crippen LogP contribution is -2.45. The predicted molar refractivity (Wildman–Crippen MR) is 185 cm³/mol. The van der Waals surface area contributed by atoms with E-state index >= 15 is 0 Å². The molecule has 4 aromatic rings. The lowest BCUT2D eigenvalue weighted by Gasteiger charge is -2.34. The van der Waals surface area contributed by atoms with Crippen LogP contribution < -0.4 is 10.1 Å². The number of carbonyl (C=O) groups excluding carboxylic acids is 1. The van der Waals surface area contributed by atoms with E-state index in [1.165, 1.54) is 11.6 Å². The van der Waals surface area contributed by atoms with Gasteiger partial charge < -0.3 is 29.6 Å². The second-order valence-corrected chi connectivity index (χ2v) is 13.1. The zero-order chi connectivity index (χ0) is 34.8. The number of urea groups is 1. The van der Waals surface area contributed by atoms with E-state index < -0.39 is 17.8 Å². The largest absolute Gasteiger partial charge is 0.455 e. The monoisotopic (exact) mass is 689 g/mol. The molecule has 0 saturated carbocycles. The summed E-state index contributed by atoms with van der Waals surface area (Å²) in [6.45, 7) is 10.3. The molecule has 1 atom stereocenters. The van der Waals surface area contributed by atoms with E-state index in [2.05, 4.69) is 38.1 Å². The number of halogens is 3. The Morgan fingerprint density at radius 1 is 1.08 bits per heavy atom. The highest BCUT2D eigenvalue weighted by atomic mass is 19.4. The van der Waals surface area contributed by atoms with Crippen LogP contribution in [0.2, 0.25) is 0 Å². The molecule has 10 nitrogen and oxygen atoms in total. The lowest BCUT2D eigenvalue weighted by atomic mass is 9.92. The summed E-state index contributed by atoms with van der Waals surface area (Å²) in [7, 11) is 0. The van der Waals surface area contributed by atoms with Crippen LogP contribution in [0.25, 0.3) is 16.6 Å². The molecule has 3 aliphatic heterocycles. The number of fused-ring (bicyclic) bond motifs is 2.